The van der Waals surface area contributed by atoms with Crippen molar-refractivity contribution < 1.29 is 18.0 Å². The minimum Gasteiger partial charge on any atom is -0.310 e. The van der Waals surface area contributed by atoms with E-state index in [1.807, 2.05) is 0 Å². The molecule has 0 aliphatic heterocycles. The van der Waals surface area contributed by atoms with Gasteiger partial charge in [0, 0.05) is 6.20 Å². The highest BCUT2D eigenvalue weighted by molar-refractivity contribution is 5.91. The summed E-state index contributed by atoms with van der Waals surface area (Å²) in [6.07, 6.45) is -2.84. The Morgan fingerprint density at radius 2 is 1.80 bits per heavy atom. The second kappa shape index (κ2) is 5.73. The van der Waals surface area contributed by atoms with Crippen LogP contribution in [0.3, 0.4) is 0 Å². The average molecular weight is 280 g/mol. The molecular weight excluding hydrogens is 269 g/mol. The number of anilines is 1. The number of hydrogen-bond donors (Lipinski definition) is 1. The average Bonchev–Trinajstić information content (AvgIpc) is 2.39. The highest BCUT2D eigenvalue weighted by Gasteiger charge is 2.29. The Hall–Kier alpha value is -2.37. The molecule has 1 N–H and O–H groups in total. The van der Waals surface area contributed by atoms with E-state index in [4.69, 9.17) is 0 Å². The van der Waals surface area contributed by atoms with Crippen LogP contribution in [-0.4, -0.2) is 10.9 Å². The van der Waals surface area contributed by atoms with Crippen LogP contribution in [0.2, 0.25) is 0 Å². The first-order chi connectivity index (χ1) is 9.45. The monoisotopic (exact) mass is 280 g/mol. The van der Waals surface area contributed by atoms with Gasteiger partial charge in [-0.15, -0.1) is 0 Å². The van der Waals surface area contributed by atoms with E-state index in [2.05, 4.69) is 10.3 Å². The summed E-state index contributed by atoms with van der Waals surface area (Å²) in [5, 5.41) is 2.56. The molecule has 2 aromatic rings. The van der Waals surface area contributed by atoms with Crippen molar-refractivity contribution >= 4 is 11.7 Å². The Balaban J connectivity index is 1.98. The van der Waals surface area contributed by atoms with E-state index >= 15 is 0 Å². The van der Waals surface area contributed by atoms with Crippen LogP contribution in [-0.2, 0) is 17.4 Å². The van der Waals surface area contributed by atoms with Crippen LogP contribution in [0.4, 0.5) is 19.0 Å². The maximum Gasteiger partial charge on any atom is 0.416 e. The lowest BCUT2D eigenvalue weighted by molar-refractivity contribution is -0.137. The number of carbonyl (C=O) groups is 1. The van der Waals surface area contributed by atoms with Crippen molar-refractivity contribution in [2.45, 2.75) is 12.6 Å². The van der Waals surface area contributed by atoms with E-state index in [0.717, 1.165) is 12.1 Å². The van der Waals surface area contributed by atoms with E-state index in [0.29, 0.717) is 11.4 Å². The largest absolute Gasteiger partial charge is 0.416 e. The first-order valence-corrected chi connectivity index (χ1v) is 5.82. The van der Waals surface area contributed by atoms with Crippen molar-refractivity contribution in [2.24, 2.45) is 0 Å². The van der Waals surface area contributed by atoms with Gasteiger partial charge in [-0.1, -0.05) is 18.2 Å². The van der Waals surface area contributed by atoms with Gasteiger partial charge in [0.15, 0.2) is 0 Å². The molecule has 1 amide bonds. The van der Waals surface area contributed by atoms with E-state index in [9.17, 15) is 18.0 Å². The van der Waals surface area contributed by atoms with Crippen molar-refractivity contribution in [1.29, 1.82) is 0 Å². The number of nitrogens with zero attached hydrogens (tertiary/aromatic N) is 1. The normalized spacial score (nSPS) is 11.2. The zero-order valence-corrected chi connectivity index (χ0v) is 10.3. The SMILES string of the molecule is O=C(Cc1ccc(C(F)(F)F)cc1)Nc1ccccn1. The molecule has 20 heavy (non-hydrogen) atoms. The molecule has 0 unspecified atom stereocenters. The smallest absolute Gasteiger partial charge is 0.310 e. The molecule has 0 aliphatic rings. The molecule has 0 atom stereocenters. The molecule has 6 heteroatoms. The Labute approximate surface area is 113 Å². The third-order valence-electron chi connectivity index (χ3n) is 2.58. The Kier molecular flexibility index (Phi) is 4.02. The van der Waals surface area contributed by atoms with E-state index in [-0.39, 0.29) is 12.3 Å². The van der Waals surface area contributed by atoms with E-state index < -0.39 is 11.7 Å². The lowest BCUT2D eigenvalue weighted by atomic mass is 10.1. The maximum absolute atomic E-state index is 12.4. The molecule has 0 saturated carbocycles. The molecule has 104 valence electrons. The van der Waals surface area contributed by atoms with Crippen LogP contribution in [0.15, 0.2) is 48.7 Å². The standard InChI is InChI=1S/C14H11F3N2O/c15-14(16,17)11-6-4-10(5-7-11)9-13(20)19-12-3-1-2-8-18-12/h1-8H,9H2,(H,18,19,20). The summed E-state index contributed by atoms with van der Waals surface area (Å²) in [5.74, 6) is 0.0767. The number of carbonyl (C=O) groups excluding carboxylic acids is 1. The molecule has 2 rings (SSSR count). The number of aromatic nitrogens is 1. The molecule has 0 bridgehead atoms. The molecule has 0 fully saturated rings. The predicted molar refractivity (Wildman–Crippen MR) is 68.0 cm³/mol. The van der Waals surface area contributed by atoms with E-state index in [1.165, 1.54) is 18.3 Å². The molecule has 0 aliphatic carbocycles. The van der Waals surface area contributed by atoms with Gasteiger partial charge in [-0.3, -0.25) is 4.79 Å². The first kappa shape index (κ1) is 14.0. The van der Waals surface area contributed by atoms with Gasteiger partial charge in [-0.05, 0) is 29.8 Å². The van der Waals surface area contributed by atoms with Crippen molar-refractivity contribution in [1.82, 2.24) is 4.98 Å². The number of alkyl halides is 3. The fraction of sp³-hybridized carbons (Fsp3) is 0.143. The zero-order chi connectivity index (χ0) is 14.6. The zero-order valence-electron chi connectivity index (χ0n) is 10.3. The van der Waals surface area contributed by atoms with Crippen molar-refractivity contribution in [3.8, 4) is 0 Å². The molecule has 1 aromatic heterocycles. The van der Waals surface area contributed by atoms with Gasteiger partial charge in [0.05, 0.1) is 12.0 Å². The van der Waals surface area contributed by atoms with Crippen LogP contribution in [0.1, 0.15) is 11.1 Å². The van der Waals surface area contributed by atoms with Gasteiger partial charge >= 0.3 is 6.18 Å². The third-order valence-corrected chi connectivity index (χ3v) is 2.58. The molecule has 0 spiro atoms. The minimum atomic E-state index is -4.37. The van der Waals surface area contributed by atoms with Gasteiger partial charge < -0.3 is 5.32 Å². The third kappa shape index (κ3) is 3.81. The van der Waals surface area contributed by atoms with Gasteiger partial charge in [0.2, 0.25) is 5.91 Å². The fourth-order valence-corrected chi connectivity index (χ4v) is 1.62. The quantitative estimate of drug-likeness (QED) is 0.937. The fourth-order valence-electron chi connectivity index (χ4n) is 1.62. The number of nitrogens with one attached hydrogen (secondary N) is 1. The number of amides is 1. The van der Waals surface area contributed by atoms with Crippen LogP contribution in [0.25, 0.3) is 0 Å². The van der Waals surface area contributed by atoms with Crippen LogP contribution in [0.5, 0.6) is 0 Å². The minimum absolute atomic E-state index is 0.00525. The Morgan fingerprint density at radius 1 is 1.10 bits per heavy atom. The second-order valence-corrected chi connectivity index (χ2v) is 4.13. The number of rotatable bonds is 3. The van der Waals surface area contributed by atoms with Gasteiger partial charge in [-0.2, -0.15) is 13.2 Å². The van der Waals surface area contributed by atoms with Crippen LogP contribution >= 0.6 is 0 Å². The lowest BCUT2D eigenvalue weighted by Crippen LogP contribution is -2.15. The molecular formula is C14H11F3N2O. The molecule has 0 saturated heterocycles. The predicted octanol–water partition coefficient (Wildman–Crippen LogP) is 3.28. The van der Waals surface area contributed by atoms with Crippen molar-refractivity contribution in [2.75, 3.05) is 5.32 Å². The van der Waals surface area contributed by atoms with Gasteiger partial charge in [0.25, 0.3) is 0 Å². The first-order valence-electron chi connectivity index (χ1n) is 5.82. The lowest BCUT2D eigenvalue weighted by Gasteiger charge is -2.08. The molecule has 1 aromatic carbocycles. The van der Waals surface area contributed by atoms with Crippen molar-refractivity contribution in [3.63, 3.8) is 0 Å². The number of halogens is 3. The van der Waals surface area contributed by atoms with Crippen LogP contribution in [0, 0.1) is 0 Å². The summed E-state index contributed by atoms with van der Waals surface area (Å²) >= 11 is 0. The summed E-state index contributed by atoms with van der Waals surface area (Å²) in [4.78, 5) is 15.6. The topological polar surface area (TPSA) is 42.0 Å². The van der Waals surface area contributed by atoms with Gasteiger partial charge in [0.1, 0.15) is 5.82 Å². The molecule has 1 heterocycles. The second-order valence-electron chi connectivity index (χ2n) is 4.13. The number of hydrogen-bond acceptors (Lipinski definition) is 2. The summed E-state index contributed by atoms with van der Waals surface area (Å²) < 4.78 is 37.1. The molecule has 0 radical (unpaired) electrons. The summed E-state index contributed by atoms with van der Waals surface area (Å²) in [6, 6.07) is 9.57. The number of pyridine rings is 1. The summed E-state index contributed by atoms with van der Waals surface area (Å²) in [5.41, 5.74) is -0.224. The van der Waals surface area contributed by atoms with Crippen LogP contribution < -0.4 is 5.32 Å². The van der Waals surface area contributed by atoms with Crippen molar-refractivity contribution in [3.05, 3.63) is 59.8 Å². The highest BCUT2D eigenvalue weighted by Crippen LogP contribution is 2.29. The molecule has 3 nitrogen and oxygen atoms in total. The summed E-state index contributed by atoms with van der Waals surface area (Å²) in [6.45, 7) is 0. The van der Waals surface area contributed by atoms with Gasteiger partial charge in [-0.25, -0.2) is 4.98 Å². The number of benzene rings is 1. The maximum atomic E-state index is 12.4. The Morgan fingerprint density at radius 3 is 2.35 bits per heavy atom. The Bertz CT molecular complexity index is 580. The van der Waals surface area contributed by atoms with E-state index in [1.54, 1.807) is 18.2 Å². The highest BCUT2D eigenvalue weighted by atomic mass is 19.4. The summed E-state index contributed by atoms with van der Waals surface area (Å²) in [7, 11) is 0.